The Hall–Kier alpha value is -4.44. The Labute approximate surface area is 284 Å². The number of furan rings is 1. The fourth-order valence-electron chi connectivity index (χ4n) is 6.20. The van der Waals surface area contributed by atoms with Gasteiger partial charge in [0.15, 0.2) is 0 Å². The number of likely N-dealkylation sites (N-methyl/N-ethyl adjacent to an activating group) is 1. The number of benzene rings is 2. The molecule has 10 nitrogen and oxygen atoms in total. The molecule has 48 heavy (non-hydrogen) atoms. The third kappa shape index (κ3) is 8.52. The van der Waals surface area contributed by atoms with Crippen LogP contribution in [0.4, 0.5) is 0 Å². The van der Waals surface area contributed by atoms with E-state index in [4.69, 9.17) is 4.42 Å². The topological polar surface area (TPSA) is 133 Å². The van der Waals surface area contributed by atoms with Gasteiger partial charge in [-0.15, -0.1) is 0 Å². The minimum absolute atomic E-state index is 0.194. The molecule has 0 radical (unpaired) electrons. The molecule has 1 saturated heterocycles. The van der Waals surface area contributed by atoms with Gasteiger partial charge in [0.2, 0.25) is 23.6 Å². The van der Waals surface area contributed by atoms with Crippen molar-refractivity contribution in [1.29, 1.82) is 0 Å². The van der Waals surface area contributed by atoms with Gasteiger partial charge in [-0.1, -0.05) is 94.8 Å². The van der Waals surface area contributed by atoms with Gasteiger partial charge in [0, 0.05) is 0 Å². The lowest BCUT2D eigenvalue weighted by molar-refractivity contribution is -0.145. The third-order valence-electron chi connectivity index (χ3n) is 9.43. The molecule has 1 aromatic heterocycles. The number of nitrogens with one attached hydrogen (secondary N) is 4. The van der Waals surface area contributed by atoms with Crippen molar-refractivity contribution in [3.63, 3.8) is 0 Å². The molecule has 2 aromatic carbocycles. The van der Waals surface area contributed by atoms with E-state index in [0.29, 0.717) is 30.8 Å². The van der Waals surface area contributed by atoms with Crippen molar-refractivity contribution in [3.8, 4) is 0 Å². The first-order chi connectivity index (χ1) is 23.0. The van der Waals surface area contributed by atoms with Crippen LogP contribution in [0.3, 0.4) is 0 Å². The maximum atomic E-state index is 14.4. The molecular formula is C38H51N5O5. The number of likely N-dealkylation sites (tertiary alicyclic amines) is 1. The van der Waals surface area contributed by atoms with Crippen LogP contribution in [0.1, 0.15) is 88.6 Å². The first-order valence-corrected chi connectivity index (χ1v) is 17.0. The minimum Gasteiger partial charge on any atom is -0.464 e. The standard InChI is InChI=1S/C38H51N5O5/c1-8-24(4)33(37(46)42-34(27-15-11-9-12-16-27)28-17-13-10-14-18-28)41-36(45)30-21-20-29(31-22-19-25(5)48-31)43(30)38(47)32(23(2)3)40-35(44)26(6)39-7/h9-19,22-24,26,29-30,32-34,39H,8,20-21H2,1-7H3,(H,40,44)(H,41,45)(H,42,46)/t24-,26-,29+,30-,32-,33-/m0/s1. The van der Waals surface area contributed by atoms with Crippen LogP contribution in [0.25, 0.3) is 0 Å². The van der Waals surface area contributed by atoms with E-state index in [0.717, 1.165) is 11.1 Å². The molecular weight excluding hydrogens is 606 g/mol. The summed E-state index contributed by atoms with van der Waals surface area (Å²) in [6.07, 6.45) is 1.51. The number of carbonyl (C=O) groups excluding carboxylic acids is 4. The zero-order chi connectivity index (χ0) is 35.0. The zero-order valence-electron chi connectivity index (χ0n) is 29.2. The summed E-state index contributed by atoms with van der Waals surface area (Å²) in [7, 11) is 1.68. The molecule has 4 rings (SSSR count). The molecule has 1 fully saturated rings. The highest BCUT2D eigenvalue weighted by molar-refractivity contribution is 5.95. The molecule has 1 aliphatic heterocycles. The Bertz CT molecular complexity index is 1480. The molecule has 3 aromatic rings. The quantitative estimate of drug-likeness (QED) is 0.197. The summed E-state index contributed by atoms with van der Waals surface area (Å²) >= 11 is 0. The second-order valence-corrected chi connectivity index (χ2v) is 13.2. The monoisotopic (exact) mass is 657 g/mol. The van der Waals surface area contributed by atoms with E-state index in [1.54, 1.807) is 18.9 Å². The lowest BCUT2D eigenvalue weighted by atomic mass is 9.94. The van der Waals surface area contributed by atoms with Gasteiger partial charge >= 0.3 is 0 Å². The van der Waals surface area contributed by atoms with E-state index in [1.165, 1.54) is 0 Å². The van der Waals surface area contributed by atoms with Crippen LogP contribution in [0.5, 0.6) is 0 Å². The van der Waals surface area contributed by atoms with Gasteiger partial charge in [0.1, 0.15) is 29.6 Å². The van der Waals surface area contributed by atoms with Crippen molar-refractivity contribution in [2.75, 3.05) is 7.05 Å². The molecule has 2 heterocycles. The van der Waals surface area contributed by atoms with E-state index in [1.807, 2.05) is 107 Å². The number of carbonyl (C=O) groups is 4. The highest BCUT2D eigenvalue weighted by Gasteiger charge is 2.46. The molecule has 0 spiro atoms. The smallest absolute Gasteiger partial charge is 0.246 e. The molecule has 0 saturated carbocycles. The Morgan fingerprint density at radius 1 is 0.792 bits per heavy atom. The van der Waals surface area contributed by atoms with Crippen molar-refractivity contribution < 1.29 is 23.6 Å². The average molecular weight is 658 g/mol. The van der Waals surface area contributed by atoms with Gasteiger partial charge in [-0.25, -0.2) is 0 Å². The number of amides is 4. The van der Waals surface area contributed by atoms with E-state index < -0.39 is 42.2 Å². The van der Waals surface area contributed by atoms with Crippen LogP contribution < -0.4 is 21.3 Å². The largest absolute Gasteiger partial charge is 0.464 e. The van der Waals surface area contributed by atoms with Crippen molar-refractivity contribution in [2.45, 2.75) is 97.1 Å². The lowest BCUT2D eigenvalue weighted by Gasteiger charge is -2.35. The van der Waals surface area contributed by atoms with Gasteiger partial charge in [-0.3, -0.25) is 19.2 Å². The number of hydrogen-bond acceptors (Lipinski definition) is 6. The van der Waals surface area contributed by atoms with Gasteiger partial charge < -0.3 is 30.6 Å². The summed E-state index contributed by atoms with van der Waals surface area (Å²) in [4.78, 5) is 57.2. The molecule has 0 aliphatic carbocycles. The van der Waals surface area contributed by atoms with Gasteiger partial charge in [-0.2, -0.15) is 0 Å². The van der Waals surface area contributed by atoms with Crippen molar-refractivity contribution in [2.24, 2.45) is 11.8 Å². The molecule has 1 aliphatic rings. The van der Waals surface area contributed by atoms with Crippen LogP contribution in [0.15, 0.2) is 77.2 Å². The molecule has 10 heteroatoms. The van der Waals surface area contributed by atoms with Crippen LogP contribution in [-0.4, -0.2) is 59.7 Å². The Morgan fingerprint density at radius 3 is 1.90 bits per heavy atom. The van der Waals surface area contributed by atoms with Gasteiger partial charge in [-0.05, 0) is 68.8 Å². The summed E-state index contributed by atoms with van der Waals surface area (Å²) in [5.41, 5.74) is 1.84. The highest BCUT2D eigenvalue weighted by Crippen LogP contribution is 2.38. The average Bonchev–Trinajstić information content (AvgIpc) is 3.74. The second kappa shape index (κ2) is 16.6. The molecule has 4 amide bonds. The maximum Gasteiger partial charge on any atom is 0.246 e. The molecule has 0 unspecified atom stereocenters. The van der Waals surface area contributed by atoms with E-state index in [-0.39, 0.29) is 29.6 Å². The number of nitrogens with zero attached hydrogens (tertiary/aromatic N) is 1. The predicted molar refractivity (Wildman–Crippen MR) is 186 cm³/mol. The van der Waals surface area contributed by atoms with E-state index in [2.05, 4.69) is 21.3 Å². The van der Waals surface area contributed by atoms with Crippen LogP contribution in [-0.2, 0) is 19.2 Å². The molecule has 0 bridgehead atoms. The normalized spacial score (nSPS) is 18.6. The fourth-order valence-corrected chi connectivity index (χ4v) is 6.20. The summed E-state index contributed by atoms with van der Waals surface area (Å²) in [6.45, 7) is 11.2. The minimum atomic E-state index is -0.869. The summed E-state index contributed by atoms with van der Waals surface area (Å²) in [5.74, 6) is -0.562. The first-order valence-electron chi connectivity index (χ1n) is 17.0. The molecule has 6 atom stereocenters. The van der Waals surface area contributed by atoms with Gasteiger partial charge in [0.25, 0.3) is 0 Å². The fraction of sp³-hybridized carbons (Fsp3) is 0.474. The Kier molecular flexibility index (Phi) is 12.6. The maximum absolute atomic E-state index is 14.4. The third-order valence-corrected chi connectivity index (χ3v) is 9.43. The Morgan fingerprint density at radius 2 is 1.40 bits per heavy atom. The molecule has 258 valence electrons. The van der Waals surface area contributed by atoms with Crippen LogP contribution in [0, 0.1) is 18.8 Å². The first kappa shape index (κ1) is 36.4. The number of aryl methyl sites for hydroxylation is 1. The summed E-state index contributed by atoms with van der Waals surface area (Å²) in [5, 5.41) is 12.1. The SMILES string of the molecule is CC[C@H](C)[C@H](NC(=O)[C@@H]1CC[C@H](c2ccc(C)o2)N1C(=O)[C@@H](NC(=O)[C@H](C)NC)C(C)C)C(=O)NC(c1ccccc1)c1ccccc1. The molecule has 4 N–H and O–H groups in total. The van der Waals surface area contributed by atoms with Crippen molar-refractivity contribution in [1.82, 2.24) is 26.2 Å². The van der Waals surface area contributed by atoms with Gasteiger partial charge in [0.05, 0.1) is 18.1 Å². The van der Waals surface area contributed by atoms with Crippen molar-refractivity contribution in [3.05, 3.63) is 95.4 Å². The van der Waals surface area contributed by atoms with Crippen LogP contribution >= 0.6 is 0 Å². The van der Waals surface area contributed by atoms with E-state index in [9.17, 15) is 19.2 Å². The lowest BCUT2D eigenvalue weighted by Crippen LogP contribution is -2.59. The van der Waals surface area contributed by atoms with Crippen LogP contribution in [0.2, 0.25) is 0 Å². The Balaban J connectivity index is 1.63. The highest BCUT2D eigenvalue weighted by atomic mass is 16.3. The zero-order valence-corrected chi connectivity index (χ0v) is 29.2. The second-order valence-electron chi connectivity index (χ2n) is 13.2. The number of hydrogen-bond donors (Lipinski definition) is 4. The summed E-state index contributed by atoms with van der Waals surface area (Å²) in [6, 6.07) is 19.1. The number of rotatable bonds is 14. The summed E-state index contributed by atoms with van der Waals surface area (Å²) < 4.78 is 5.97. The van der Waals surface area contributed by atoms with E-state index >= 15 is 0 Å². The van der Waals surface area contributed by atoms with Crippen molar-refractivity contribution >= 4 is 23.6 Å². The predicted octanol–water partition coefficient (Wildman–Crippen LogP) is 4.81.